The molecular weight excluding hydrogens is 246 g/mol. The van der Waals surface area contributed by atoms with Gasteiger partial charge in [-0.3, -0.25) is 4.57 Å². The van der Waals surface area contributed by atoms with E-state index in [0.717, 1.165) is 5.56 Å². The smallest absolute Gasteiger partial charge is 0.420 e. The molecule has 0 radical (unpaired) electrons. The van der Waals surface area contributed by atoms with E-state index in [1.807, 2.05) is 0 Å². The zero-order valence-electron chi connectivity index (χ0n) is 9.91. The summed E-state index contributed by atoms with van der Waals surface area (Å²) in [5.41, 5.74) is 1.71. The number of rotatable bonds is 2. The minimum absolute atomic E-state index is 0.0676. The van der Waals surface area contributed by atoms with Gasteiger partial charge in [0.1, 0.15) is 11.5 Å². The van der Waals surface area contributed by atoms with Crippen LogP contribution in [-0.2, 0) is 6.54 Å². The van der Waals surface area contributed by atoms with Crippen LogP contribution >= 0.6 is 0 Å². The molecule has 0 aliphatic carbocycles. The van der Waals surface area contributed by atoms with Gasteiger partial charge in [-0.2, -0.15) is 0 Å². The summed E-state index contributed by atoms with van der Waals surface area (Å²) in [7, 11) is 0. The first-order valence-corrected chi connectivity index (χ1v) is 5.74. The van der Waals surface area contributed by atoms with Crippen LogP contribution in [0.15, 0.2) is 51.7 Å². The van der Waals surface area contributed by atoms with Gasteiger partial charge in [0, 0.05) is 6.07 Å². The van der Waals surface area contributed by atoms with E-state index in [9.17, 15) is 15.0 Å². The molecule has 1 heterocycles. The lowest BCUT2D eigenvalue weighted by molar-refractivity contribution is 0.473. The third kappa shape index (κ3) is 2.06. The van der Waals surface area contributed by atoms with E-state index < -0.39 is 5.76 Å². The van der Waals surface area contributed by atoms with E-state index in [2.05, 4.69) is 0 Å². The van der Waals surface area contributed by atoms with Gasteiger partial charge in [-0.25, -0.2) is 4.79 Å². The third-order valence-electron chi connectivity index (χ3n) is 2.90. The molecule has 2 N–H and O–H groups in total. The fraction of sp³-hybridized carbons (Fsp3) is 0.0714. The Morgan fingerprint density at radius 3 is 2.63 bits per heavy atom. The summed E-state index contributed by atoms with van der Waals surface area (Å²) >= 11 is 0. The zero-order chi connectivity index (χ0) is 13.4. The van der Waals surface area contributed by atoms with Crippen molar-refractivity contribution in [2.24, 2.45) is 0 Å². The monoisotopic (exact) mass is 257 g/mol. The van der Waals surface area contributed by atoms with Crippen molar-refractivity contribution in [3.63, 3.8) is 0 Å². The van der Waals surface area contributed by atoms with Crippen LogP contribution in [0.5, 0.6) is 11.5 Å². The van der Waals surface area contributed by atoms with Crippen LogP contribution in [0.1, 0.15) is 5.56 Å². The third-order valence-corrected chi connectivity index (χ3v) is 2.90. The molecule has 0 aliphatic rings. The summed E-state index contributed by atoms with van der Waals surface area (Å²) in [6, 6.07) is 11.1. The predicted molar refractivity (Wildman–Crippen MR) is 69.3 cm³/mol. The number of aromatic nitrogens is 1. The highest BCUT2D eigenvalue weighted by Crippen LogP contribution is 2.20. The lowest BCUT2D eigenvalue weighted by atomic mass is 10.2. The Kier molecular flexibility index (Phi) is 2.52. The molecule has 0 saturated heterocycles. The molecule has 1 aromatic heterocycles. The minimum Gasteiger partial charge on any atom is -0.508 e. The number of hydrogen-bond donors (Lipinski definition) is 2. The highest BCUT2D eigenvalue weighted by atomic mass is 16.4. The Hall–Kier alpha value is -2.69. The number of phenolic OH excluding ortho intramolecular Hbond substituents is 2. The molecule has 0 spiro atoms. The second kappa shape index (κ2) is 4.20. The van der Waals surface area contributed by atoms with Gasteiger partial charge >= 0.3 is 5.76 Å². The normalized spacial score (nSPS) is 10.9. The molecule has 5 nitrogen and oxygen atoms in total. The topological polar surface area (TPSA) is 75.6 Å². The maximum atomic E-state index is 11.8. The summed E-state index contributed by atoms with van der Waals surface area (Å²) in [6.45, 7) is 0.268. The van der Waals surface area contributed by atoms with E-state index in [0.29, 0.717) is 11.1 Å². The zero-order valence-corrected chi connectivity index (χ0v) is 9.91. The fourth-order valence-electron chi connectivity index (χ4n) is 2.04. The first kappa shape index (κ1) is 11.4. The quantitative estimate of drug-likeness (QED) is 0.736. The van der Waals surface area contributed by atoms with Gasteiger partial charge in [0.2, 0.25) is 0 Å². The van der Waals surface area contributed by atoms with Gasteiger partial charge < -0.3 is 14.6 Å². The van der Waals surface area contributed by atoms with Gasteiger partial charge in [-0.05, 0) is 29.8 Å². The van der Waals surface area contributed by atoms with Gasteiger partial charge in [-0.1, -0.05) is 12.1 Å². The first-order valence-electron chi connectivity index (χ1n) is 5.74. The average molecular weight is 257 g/mol. The maximum absolute atomic E-state index is 11.8. The molecule has 0 saturated carbocycles. The Morgan fingerprint density at radius 1 is 1.05 bits per heavy atom. The van der Waals surface area contributed by atoms with Gasteiger partial charge in [0.25, 0.3) is 0 Å². The molecule has 0 atom stereocenters. The SMILES string of the molecule is O=c1oc2ccc(O)cc2n1Cc1cccc(O)c1. The highest BCUT2D eigenvalue weighted by Gasteiger charge is 2.10. The molecular formula is C14H11NO4. The average Bonchev–Trinajstić information content (AvgIpc) is 2.66. The standard InChI is InChI=1S/C14H11NO4/c16-10-3-1-2-9(6-10)8-15-12-7-11(17)4-5-13(12)19-14(15)18/h1-7,16-17H,8H2. The van der Waals surface area contributed by atoms with Crippen molar-refractivity contribution in [1.82, 2.24) is 4.57 Å². The lowest BCUT2D eigenvalue weighted by Gasteiger charge is -2.03. The molecule has 0 aliphatic heterocycles. The largest absolute Gasteiger partial charge is 0.508 e. The number of aromatic hydroxyl groups is 2. The second-order valence-electron chi connectivity index (χ2n) is 4.28. The molecule has 0 unspecified atom stereocenters. The molecule has 96 valence electrons. The summed E-state index contributed by atoms with van der Waals surface area (Å²) in [4.78, 5) is 11.8. The number of benzene rings is 2. The van der Waals surface area contributed by atoms with E-state index in [4.69, 9.17) is 4.42 Å². The molecule has 19 heavy (non-hydrogen) atoms. The van der Waals surface area contributed by atoms with Crippen LogP contribution in [0.4, 0.5) is 0 Å². The Balaban J connectivity index is 2.12. The van der Waals surface area contributed by atoms with Crippen molar-refractivity contribution < 1.29 is 14.6 Å². The van der Waals surface area contributed by atoms with Crippen molar-refractivity contribution in [3.8, 4) is 11.5 Å². The van der Waals surface area contributed by atoms with E-state index >= 15 is 0 Å². The first-order chi connectivity index (χ1) is 9.13. The number of hydrogen-bond acceptors (Lipinski definition) is 4. The Bertz CT molecular complexity index is 801. The Labute approximate surface area is 108 Å². The van der Waals surface area contributed by atoms with Crippen LogP contribution in [-0.4, -0.2) is 14.8 Å². The van der Waals surface area contributed by atoms with Crippen LogP contribution in [0.25, 0.3) is 11.1 Å². The number of phenols is 2. The molecule has 0 fully saturated rings. The maximum Gasteiger partial charge on any atom is 0.420 e. The highest BCUT2D eigenvalue weighted by molar-refractivity contribution is 5.74. The molecule has 2 aromatic carbocycles. The summed E-state index contributed by atoms with van der Waals surface area (Å²) in [5, 5.41) is 18.9. The number of fused-ring (bicyclic) bond motifs is 1. The van der Waals surface area contributed by atoms with Crippen LogP contribution in [0.3, 0.4) is 0 Å². The van der Waals surface area contributed by atoms with Crippen molar-refractivity contribution in [1.29, 1.82) is 0 Å². The lowest BCUT2D eigenvalue weighted by Crippen LogP contribution is -2.14. The van der Waals surface area contributed by atoms with Gasteiger partial charge in [0.15, 0.2) is 5.58 Å². The summed E-state index contributed by atoms with van der Waals surface area (Å²) in [6.07, 6.45) is 0. The van der Waals surface area contributed by atoms with Crippen LogP contribution in [0.2, 0.25) is 0 Å². The molecule has 0 bridgehead atoms. The fourth-order valence-corrected chi connectivity index (χ4v) is 2.04. The van der Waals surface area contributed by atoms with Crippen molar-refractivity contribution >= 4 is 11.1 Å². The number of nitrogens with zero attached hydrogens (tertiary/aromatic N) is 1. The minimum atomic E-state index is -0.496. The molecule has 5 heteroatoms. The molecule has 3 rings (SSSR count). The van der Waals surface area contributed by atoms with E-state index in [1.165, 1.54) is 16.7 Å². The van der Waals surface area contributed by atoms with Crippen LogP contribution < -0.4 is 5.76 Å². The summed E-state index contributed by atoms with van der Waals surface area (Å²) in [5.74, 6) is -0.289. The van der Waals surface area contributed by atoms with Crippen molar-refractivity contribution in [2.45, 2.75) is 6.54 Å². The van der Waals surface area contributed by atoms with E-state index in [1.54, 1.807) is 30.3 Å². The van der Waals surface area contributed by atoms with Crippen molar-refractivity contribution in [2.75, 3.05) is 0 Å². The summed E-state index contributed by atoms with van der Waals surface area (Å²) < 4.78 is 6.50. The van der Waals surface area contributed by atoms with Crippen molar-refractivity contribution in [3.05, 3.63) is 58.6 Å². The van der Waals surface area contributed by atoms with Gasteiger partial charge in [-0.15, -0.1) is 0 Å². The second-order valence-corrected chi connectivity index (χ2v) is 4.28. The van der Waals surface area contributed by atoms with E-state index in [-0.39, 0.29) is 18.0 Å². The predicted octanol–water partition coefficient (Wildman–Crippen LogP) is 2.05. The Morgan fingerprint density at radius 2 is 1.84 bits per heavy atom. The molecule has 3 aromatic rings. The molecule has 0 amide bonds. The van der Waals surface area contributed by atoms with Crippen LogP contribution in [0, 0.1) is 0 Å². The number of oxazole rings is 1. The van der Waals surface area contributed by atoms with Gasteiger partial charge in [0.05, 0.1) is 12.1 Å².